The second-order valence-electron chi connectivity index (χ2n) is 7.68. The Morgan fingerprint density at radius 3 is 2.04 bits per heavy atom. The van der Waals surface area contributed by atoms with Crippen LogP contribution in [-0.4, -0.2) is 18.9 Å². The van der Waals surface area contributed by atoms with E-state index in [0.717, 1.165) is 43.4 Å². The maximum Gasteiger partial charge on any atom is 0.508 e. The van der Waals surface area contributed by atoms with E-state index in [9.17, 15) is 4.79 Å². The van der Waals surface area contributed by atoms with Crippen molar-refractivity contribution in [1.29, 1.82) is 0 Å². The summed E-state index contributed by atoms with van der Waals surface area (Å²) in [6.07, 6.45) is 14.6. The molecule has 3 heteroatoms. The second-order valence-corrected chi connectivity index (χ2v) is 7.68. The first kappa shape index (κ1) is 18.6. The van der Waals surface area contributed by atoms with E-state index in [-0.39, 0.29) is 6.10 Å². The van der Waals surface area contributed by atoms with Crippen LogP contribution in [0.5, 0.6) is 0 Å². The average Bonchev–Trinajstić information content (AvgIpc) is 2.57. The first-order chi connectivity index (χ1) is 11.2. The zero-order valence-corrected chi connectivity index (χ0v) is 15.2. The van der Waals surface area contributed by atoms with Gasteiger partial charge in [-0.05, 0) is 62.7 Å². The lowest BCUT2D eigenvalue weighted by molar-refractivity contribution is -0.000830. The summed E-state index contributed by atoms with van der Waals surface area (Å²) in [7, 11) is 0. The van der Waals surface area contributed by atoms with Crippen LogP contribution in [0.25, 0.3) is 0 Å². The van der Waals surface area contributed by atoms with Crippen molar-refractivity contribution in [1.82, 2.24) is 0 Å². The molecule has 2 fully saturated rings. The maximum atomic E-state index is 11.6. The van der Waals surface area contributed by atoms with Gasteiger partial charge < -0.3 is 9.47 Å². The van der Waals surface area contributed by atoms with Crippen molar-refractivity contribution in [2.24, 2.45) is 17.8 Å². The third kappa shape index (κ3) is 6.35. The minimum Gasteiger partial charge on any atom is -0.434 e. The predicted molar refractivity (Wildman–Crippen MR) is 93.4 cm³/mol. The Labute approximate surface area is 142 Å². The highest BCUT2D eigenvalue weighted by Gasteiger charge is 2.31. The largest absolute Gasteiger partial charge is 0.508 e. The minimum absolute atomic E-state index is 0.0943. The van der Waals surface area contributed by atoms with Crippen LogP contribution < -0.4 is 0 Å². The van der Waals surface area contributed by atoms with Crippen molar-refractivity contribution in [3.05, 3.63) is 0 Å². The molecule has 3 nitrogen and oxygen atoms in total. The topological polar surface area (TPSA) is 35.5 Å². The van der Waals surface area contributed by atoms with Crippen molar-refractivity contribution in [3.63, 3.8) is 0 Å². The number of hydrogen-bond acceptors (Lipinski definition) is 3. The third-order valence-electron chi connectivity index (χ3n) is 5.95. The molecule has 0 unspecified atom stereocenters. The Kier molecular flexibility index (Phi) is 8.25. The molecule has 23 heavy (non-hydrogen) atoms. The van der Waals surface area contributed by atoms with Crippen LogP contribution in [0, 0.1) is 17.8 Å². The van der Waals surface area contributed by atoms with Gasteiger partial charge >= 0.3 is 6.16 Å². The molecule has 0 radical (unpaired) electrons. The number of carbonyl (C=O) groups is 1. The summed E-state index contributed by atoms with van der Waals surface area (Å²) in [4.78, 5) is 11.6. The van der Waals surface area contributed by atoms with Crippen molar-refractivity contribution in [3.8, 4) is 0 Å². The molecular weight excluding hydrogens is 288 g/mol. The van der Waals surface area contributed by atoms with Crippen molar-refractivity contribution >= 4 is 6.16 Å². The lowest BCUT2D eigenvalue weighted by Gasteiger charge is -2.37. The van der Waals surface area contributed by atoms with Crippen LogP contribution in [-0.2, 0) is 9.47 Å². The molecule has 0 amide bonds. The average molecular weight is 325 g/mol. The van der Waals surface area contributed by atoms with Crippen molar-refractivity contribution in [2.45, 2.75) is 97.0 Å². The number of rotatable bonds is 7. The van der Waals surface area contributed by atoms with Crippen LogP contribution in [0.4, 0.5) is 4.79 Å². The van der Waals surface area contributed by atoms with Gasteiger partial charge in [0.25, 0.3) is 0 Å². The fraction of sp³-hybridized carbons (Fsp3) is 0.950. The highest BCUT2D eigenvalue weighted by molar-refractivity contribution is 5.60. The summed E-state index contributed by atoms with van der Waals surface area (Å²) in [6.45, 7) is 4.89. The molecule has 2 aliphatic carbocycles. The van der Waals surface area contributed by atoms with Crippen LogP contribution >= 0.6 is 0 Å². The monoisotopic (exact) mass is 324 g/mol. The molecule has 0 aromatic heterocycles. The van der Waals surface area contributed by atoms with Gasteiger partial charge in [0.05, 0.1) is 6.61 Å². The second kappa shape index (κ2) is 10.2. The molecule has 2 saturated carbocycles. The smallest absolute Gasteiger partial charge is 0.434 e. The molecule has 0 N–H and O–H groups in total. The Morgan fingerprint density at radius 1 is 0.870 bits per heavy atom. The lowest BCUT2D eigenvalue weighted by Crippen LogP contribution is -2.30. The number of ether oxygens (including phenoxy) is 2. The molecular formula is C20H36O3. The van der Waals surface area contributed by atoms with E-state index in [4.69, 9.17) is 9.47 Å². The van der Waals surface area contributed by atoms with Gasteiger partial charge in [0.2, 0.25) is 0 Å². The van der Waals surface area contributed by atoms with E-state index in [1.165, 1.54) is 51.4 Å². The molecule has 0 aromatic carbocycles. The van der Waals surface area contributed by atoms with E-state index >= 15 is 0 Å². The van der Waals surface area contributed by atoms with Crippen LogP contribution in [0.1, 0.15) is 90.9 Å². The van der Waals surface area contributed by atoms with Gasteiger partial charge in [0, 0.05) is 0 Å². The van der Waals surface area contributed by atoms with E-state index in [1.807, 2.05) is 0 Å². The summed E-state index contributed by atoms with van der Waals surface area (Å²) in [5.41, 5.74) is 0. The van der Waals surface area contributed by atoms with Gasteiger partial charge in [0.1, 0.15) is 6.10 Å². The molecule has 2 aliphatic rings. The molecule has 0 bridgehead atoms. The SMILES string of the molecule is CCCCOC(=O)O[C@H]1CC[C@H]([C@H]2CC[C@H](CCC)CC2)CC1. The highest BCUT2D eigenvalue weighted by atomic mass is 16.7. The molecule has 0 spiro atoms. The number of hydrogen-bond donors (Lipinski definition) is 0. The van der Waals surface area contributed by atoms with Gasteiger partial charge in [-0.25, -0.2) is 4.79 Å². The third-order valence-corrected chi connectivity index (χ3v) is 5.95. The molecule has 2 rings (SSSR count). The van der Waals surface area contributed by atoms with Crippen LogP contribution in [0.3, 0.4) is 0 Å². The lowest BCUT2D eigenvalue weighted by atomic mass is 9.70. The molecule has 0 saturated heterocycles. The van der Waals surface area contributed by atoms with Crippen LogP contribution in [0.2, 0.25) is 0 Å². The fourth-order valence-corrected chi connectivity index (χ4v) is 4.50. The summed E-state index contributed by atoms with van der Waals surface area (Å²) < 4.78 is 10.6. The first-order valence-corrected chi connectivity index (χ1v) is 10.1. The number of carbonyl (C=O) groups excluding carboxylic acids is 1. The summed E-state index contributed by atoms with van der Waals surface area (Å²) in [5.74, 6) is 2.79. The van der Waals surface area contributed by atoms with Gasteiger partial charge in [-0.3, -0.25) is 0 Å². The summed E-state index contributed by atoms with van der Waals surface area (Å²) >= 11 is 0. The zero-order valence-electron chi connectivity index (χ0n) is 15.2. The van der Waals surface area contributed by atoms with E-state index < -0.39 is 6.16 Å². The van der Waals surface area contributed by atoms with E-state index in [2.05, 4.69) is 13.8 Å². The highest BCUT2D eigenvalue weighted by Crippen LogP contribution is 2.41. The first-order valence-electron chi connectivity index (χ1n) is 10.1. The normalized spacial score (nSPS) is 31.6. The minimum atomic E-state index is -0.457. The Hall–Kier alpha value is -0.730. The Balaban J connectivity index is 1.61. The summed E-state index contributed by atoms with van der Waals surface area (Å²) in [5, 5.41) is 0. The van der Waals surface area contributed by atoms with Gasteiger partial charge in [-0.15, -0.1) is 0 Å². The quantitative estimate of drug-likeness (QED) is 0.419. The van der Waals surface area contributed by atoms with Crippen LogP contribution in [0.15, 0.2) is 0 Å². The predicted octanol–water partition coefficient (Wildman–Crippen LogP) is 6.11. The fourth-order valence-electron chi connectivity index (χ4n) is 4.50. The van der Waals surface area contributed by atoms with E-state index in [1.54, 1.807) is 0 Å². The molecule has 134 valence electrons. The maximum absolute atomic E-state index is 11.6. The standard InChI is InChI=1S/C20H36O3/c1-3-5-15-22-20(21)23-19-13-11-18(12-14-19)17-9-7-16(6-4-2)8-10-17/h16-19H,3-15H2,1-2H3/t16-,17-,18-,19-. The van der Waals surface area contributed by atoms with Gasteiger partial charge in [-0.2, -0.15) is 0 Å². The molecule has 0 aromatic rings. The molecule has 0 aliphatic heterocycles. The van der Waals surface area contributed by atoms with Gasteiger partial charge in [0.15, 0.2) is 0 Å². The molecule has 0 heterocycles. The Bertz CT molecular complexity index is 326. The summed E-state index contributed by atoms with van der Waals surface area (Å²) in [6, 6.07) is 0. The Morgan fingerprint density at radius 2 is 1.48 bits per heavy atom. The van der Waals surface area contributed by atoms with Gasteiger partial charge in [-0.1, -0.05) is 46.0 Å². The van der Waals surface area contributed by atoms with Crippen molar-refractivity contribution < 1.29 is 14.3 Å². The number of unbranched alkanes of at least 4 members (excludes halogenated alkanes) is 1. The molecule has 0 atom stereocenters. The van der Waals surface area contributed by atoms with E-state index in [0.29, 0.717) is 6.61 Å². The van der Waals surface area contributed by atoms with Crippen molar-refractivity contribution in [2.75, 3.05) is 6.61 Å². The zero-order chi connectivity index (χ0) is 16.5.